The van der Waals surface area contributed by atoms with Gasteiger partial charge in [-0.2, -0.15) is 0 Å². The Morgan fingerprint density at radius 3 is 2.45 bits per heavy atom. The maximum atomic E-state index is 12.0. The summed E-state index contributed by atoms with van der Waals surface area (Å²) in [6, 6.07) is 0. The molecule has 0 saturated heterocycles. The molecule has 22 heavy (non-hydrogen) atoms. The Hall–Kier alpha value is -0.790. The van der Waals surface area contributed by atoms with Gasteiger partial charge in [0.15, 0.2) is 0 Å². The van der Waals surface area contributed by atoms with Crippen LogP contribution < -0.4 is 0 Å². The topological polar surface area (TPSA) is 37.3 Å². The molecule has 1 N–H and O–H groups in total. The molecule has 3 saturated carbocycles. The summed E-state index contributed by atoms with van der Waals surface area (Å²) >= 11 is 0. The van der Waals surface area contributed by atoms with Crippen LogP contribution in [0.1, 0.15) is 72.1 Å². The van der Waals surface area contributed by atoms with Gasteiger partial charge in [0, 0.05) is 0 Å². The van der Waals surface area contributed by atoms with Crippen molar-refractivity contribution in [1.82, 2.24) is 0 Å². The predicted molar refractivity (Wildman–Crippen MR) is 87.4 cm³/mol. The van der Waals surface area contributed by atoms with Crippen molar-refractivity contribution in [1.29, 1.82) is 0 Å². The van der Waals surface area contributed by atoms with E-state index < -0.39 is 11.4 Å². The minimum atomic E-state index is -0.554. The average molecular weight is 302 g/mol. The first kappa shape index (κ1) is 14.8. The van der Waals surface area contributed by atoms with E-state index >= 15 is 0 Å². The van der Waals surface area contributed by atoms with Gasteiger partial charge in [-0.1, -0.05) is 32.4 Å². The number of carbonyl (C=O) groups is 1. The second-order valence-corrected chi connectivity index (χ2v) is 9.66. The molecule has 2 nitrogen and oxygen atoms in total. The fourth-order valence-corrected chi connectivity index (χ4v) is 7.39. The van der Waals surface area contributed by atoms with Crippen molar-refractivity contribution in [2.75, 3.05) is 0 Å². The first-order valence-electron chi connectivity index (χ1n) is 9.18. The fraction of sp³-hybridized carbons (Fsp3) is 0.850. The lowest BCUT2D eigenvalue weighted by Crippen LogP contribution is -2.58. The summed E-state index contributed by atoms with van der Waals surface area (Å²) in [5.74, 6) is 0.506. The third kappa shape index (κ3) is 1.65. The van der Waals surface area contributed by atoms with E-state index in [1.165, 1.54) is 32.1 Å². The smallest absolute Gasteiger partial charge is 0.309 e. The third-order valence-electron chi connectivity index (χ3n) is 8.41. The van der Waals surface area contributed by atoms with Crippen molar-refractivity contribution in [3.05, 3.63) is 12.2 Å². The van der Waals surface area contributed by atoms with Gasteiger partial charge in [0.1, 0.15) is 0 Å². The molecule has 0 amide bonds. The lowest BCUT2D eigenvalue weighted by Gasteiger charge is -2.63. The summed E-state index contributed by atoms with van der Waals surface area (Å²) in [5, 5.41) is 9.90. The second kappa shape index (κ2) is 4.19. The molecular weight excluding hydrogens is 272 g/mol. The quantitative estimate of drug-likeness (QED) is 0.689. The zero-order valence-corrected chi connectivity index (χ0v) is 14.3. The summed E-state index contributed by atoms with van der Waals surface area (Å²) in [6.07, 6.45) is 14.5. The van der Waals surface area contributed by atoms with E-state index in [1.54, 1.807) is 0 Å². The zero-order chi connectivity index (χ0) is 15.8. The van der Waals surface area contributed by atoms with Crippen molar-refractivity contribution in [3.8, 4) is 0 Å². The Balaban J connectivity index is 1.75. The second-order valence-electron chi connectivity index (χ2n) is 9.66. The molecular formula is C20H30O2. The number of carboxylic acid groups (broad SMARTS) is 1. The monoisotopic (exact) mass is 302 g/mol. The number of fused-ring (bicyclic) bond motifs is 3. The van der Waals surface area contributed by atoms with Crippen LogP contribution in [0.2, 0.25) is 0 Å². The molecule has 1 spiro atoms. The molecule has 0 aromatic heterocycles. The molecule has 0 radical (unpaired) electrons. The highest BCUT2D eigenvalue weighted by atomic mass is 16.4. The standard InChI is InChI=1S/C20H30O2/c1-17-9-5-15-18(2)7-4-8-19(3,16(21)22)14(18)6-10-20(15,13-17)12-11-17/h11-12,14-15H,4-10,13H2,1-3H3,(H,21,22)/t14-,15+,17+,18+,19+,20-/m0/s1. The average Bonchev–Trinajstić information content (AvgIpc) is 2.68. The highest BCUT2D eigenvalue weighted by Gasteiger charge is 2.64. The molecule has 4 rings (SSSR count). The van der Waals surface area contributed by atoms with E-state index in [4.69, 9.17) is 0 Å². The Morgan fingerprint density at radius 1 is 1.00 bits per heavy atom. The summed E-state index contributed by atoms with van der Waals surface area (Å²) in [5.41, 5.74) is 0.525. The maximum absolute atomic E-state index is 12.0. The number of rotatable bonds is 1. The van der Waals surface area contributed by atoms with Crippen LogP contribution >= 0.6 is 0 Å². The molecule has 2 heteroatoms. The van der Waals surface area contributed by atoms with E-state index in [1.807, 2.05) is 6.92 Å². The normalized spacial score (nSPS) is 56.3. The van der Waals surface area contributed by atoms with Crippen LogP contribution in [0, 0.1) is 33.5 Å². The highest BCUT2D eigenvalue weighted by Crippen LogP contribution is 2.71. The molecule has 0 heterocycles. The van der Waals surface area contributed by atoms with Gasteiger partial charge < -0.3 is 5.11 Å². The van der Waals surface area contributed by atoms with Gasteiger partial charge >= 0.3 is 5.97 Å². The lowest BCUT2D eigenvalue weighted by atomic mass is 9.40. The van der Waals surface area contributed by atoms with E-state index in [0.29, 0.717) is 22.7 Å². The van der Waals surface area contributed by atoms with Gasteiger partial charge in [-0.05, 0) is 80.0 Å². The van der Waals surface area contributed by atoms with E-state index in [2.05, 4.69) is 26.0 Å². The SMILES string of the molecule is C[C@]12C=C[C@@]3(CC[C@H]4[C@@](C)(CCC[C@@]4(C)C(=O)O)[C@H]3CC1)C2. The Morgan fingerprint density at radius 2 is 1.73 bits per heavy atom. The Labute approximate surface area is 134 Å². The van der Waals surface area contributed by atoms with Crippen LogP contribution in [-0.2, 0) is 4.79 Å². The van der Waals surface area contributed by atoms with Gasteiger partial charge in [-0.25, -0.2) is 0 Å². The molecule has 0 unspecified atom stereocenters. The zero-order valence-electron chi connectivity index (χ0n) is 14.3. The Kier molecular flexibility index (Phi) is 2.81. The fourth-order valence-electron chi connectivity index (χ4n) is 7.39. The van der Waals surface area contributed by atoms with Crippen LogP contribution in [0.15, 0.2) is 12.2 Å². The molecule has 4 aliphatic carbocycles. The molecule has 122 valence electrons. The first-order chi connectivity index (χ1) is 10.2. The largest absolute Gasteiger partial charge is 0.481 e. The summed E-state index contributed by atoms with van der Waals surface area (Å²) in [4.78, 5) is 12.0. The molecule has 6 atom stereocenters. The molecule has 3 fully saturated rings. The van der Waals surface area contributed by atoms with Gasteiger partial charge in [-0.15, -0.1) is 0 Å². The number of hydrogen-bond acceptors (Lipinski definition) is 1. The van der Waals surface area contributed by atoms with Crippen molar-refractivity contribution >= 4 is 5.97 Å². The number of aliphatic carboxylic acids is 1. The van der Waals surface area contributed by atoms with Crippen molar-refractivity contribution in [3.63, 3.8) is 0 Å². The molecule has 0 aromatic rings. The number of hydrogen-bond donors (Lipinski definition) is 1. The third-order valence-corrected chi connectivity index (χ3v) is 8.41. The Bertz CT molecular complexity index is 552. The molecule has 0 aromatic carbocycles. The van der Waals surface area contributed by atoms with Crippen LogP contribution in [0.4, 0.5) is 0 Å². The van der Waals surface area contributed by atoms with Crippen LogP contribution in [0.25, 0.3) is 0 Å². The lowest BCUT2D eigenvalue weighted by molar-refractivity contribution is -0.179. The van der Waals surface area contributed by atoms with E-state index in [-0.39, 0.29) is 5.41 Å². The summed E-state index contributed by atoms with van der Waals surface area (Å²) in [7, 11) is 0. The first-order valence-corrected chi connectivity index (χ1v) is 9.18. The van der Waals surface area contributed by atoms with E-state index in [9.17, 15) is 9.90 Å². The minimum absolute atomic E-state index is 0.222. The predicted octanol–water partition coefficient (Wildman–Crippen LogP) is 5.04. The van der Waals surface area contributed by atoms with Gasteiger partial charge in [0.25, 0.3) is 0 Å². The maximum Gasteiger partial charge on any atom is 0.309 e. The van der Waals surface area contributed by atoms with Crippen molar-refractivity contribution in [2.24, 2.45) is 33.5 Å². The summed E-state index contributed by atoms with van der Waals surface area (Å²) < 4.78 is 0. The van der Waals surface area contributed by atoms with Gasteiger partial charge in [0.05, 0.1) is 5.41 Å². The van der Waals surface area contributed by atoms with E-state index in [0.717, 1.165) is 19.3 Å². The molecule has 2 bridgehead atoms. The highest BCUT2D eigenvalue weighted by molar-refractivity contribution is 5.75. The van der Waals surface area contributed by atoms with Crippen LogP contribution in [0.5, 0.6) is 0 Å². The number of allylic oxidation sites excluding steroid dienone is 2. The van der Waals surface area contributed by atoms with Crippen LogP contribution in [-0.4, -0.2) is 11.1 Å². The molecule has 4 aliphatic rings. The van der Waals surface area contributed by atoms with Gasteiger partial charge in [-0.3, -0.25) is 4.79 Å². The molecule has 0 aliphatic heterocycles. The van der Waals surface area contributed by atoms with Gasteiger partial charge in [0.2, 0.25) is 0 Å². The van der Waals surface area contributed by atoms with Crippen LogP contribution in [0.3, 0.4) is 0 Å². The summed E-state index contributed by atoms with van der Waals surface area (Å²) in [6.45, 7) is 6.90. The van der Waals surface area contributed by atoms with Crippen molar-refractivity contribution in [2.45, 2.75) is 72.1 Å². The van der Waals surface area contributed by atoms with Crippen molar-refractivity contribution < 1.29 is 9.90 Å². The minimum Gasteiger partial charge on any atom is -0.481 e. The number of carboxylic acids is 1.